The van der Waals surface area contributed by atoms with Crippen molar-refractivity contribution in [3.63, 3.8) is 0 Å². The predicted octanol–water partition coefficient (Wildman–Crippen LogP) is 3.65. The van der Waals surface area contributed by atoms with Gasteiger partial charge in [0.25, 0.3) is 5.91 Å². The Labute approximate surface area is 176 Å². The monoisotopic (exact) mass is 426 g/mol. The van der Waals surface area contributed by atoms with Crippen LogP contribution in [0.25, 0.3) is 20.6 Å². The third-order valence-electron chi connectivity index (χ3n) is 5.13. The highest BCUT2D eigenvalue weighted by atomic mass is 32.1. The molecule has 9 heteroatoms. The molecule has 0 aliphatic carbocycles. The third kappa shape index (κ3) is 3.44. The van der Waals surface area contributed by atoms with Crippen molar-refractivity contribution >= 4 is 60.2 Å². The number of hydrogen-bond acceptors (Lipinski definition) is 7. The molecule has 7 nitrogen and oxygen atoms in total. The number of benzene rings is 1. The Morgan fingerprint density at radius 1 is 1.10 bits per heavy atom. The number of para-hydroxylation sites is 2. The molecule has 1 N–H and O–H groups in total. The van der Waals surface area contributed by atoms with Gasteiger partial charge in [0, 0.05) is 40.3 Å². The maximum absolute atomic E-state index is 13.1. The molecule has 0 unspecified atom stereocenters. The van der Waals surface area contributed by atoms with Crippen molar-refractivity contribution in [3.05, 3.63) is 35.2 Å². The van der Waals surface area contributed by atoms with Gasteiger partial charge in [-0.25, -0.2) is 9.97 Å². The highest BCUT2D eigenvalue weighted by molar-refractivity contribution is 7.29. The molecule has 4 aromatic rings. The van der Waals surface area contributed by atoms with Crippen LogP contribution in [0.15, 0.2) is 30.3 Å². The number of amides is 1. The zero-order chi connectivity index (χ0) is 20.0. The van der Waals surface area contributed by atoms with E-state index >= 15 is 0 Å². The number of carbonyl (C=O) groups excluding carboxylic acids is 1. The Balaban J connectivity index is 1.31. The van der Waals surface area contributed by atoms with Gasteiger partial charge in [0.1, 0.15) is 4.83 Å². The van der Waals surface area contributed by atoms with E-state index in [0.717, 1.165) is 62.6 Å². The van der Waals surface area contributed by atoms with E-state index in [1.54, 1.807) is 11.3 Å². The Morgan fingerprint density at radius 2 is 1.97 bits per heavy atom. The van der Waals surface area contributed by atoms with Crippen LogP contribution < -0.4 is 9.80 Å². The zero-order valence-corrected chi connectivity index (χ0v) is 18.0. The molecule has 4 heterocycles. The molecule has 0 spiro atoms. The van der Waals surface area contributed by atoms with Gasteiger partial charge in [0.15, 0.2) is 5.13 Å². The van der Waals surface area contributed by atoms with E-state index in [1.165, 1.54) is 11.3 Å². The Hall–Kier alpha value is -2.65. The first-order valence-corrected chi connectivity index (χ1v) is 11.3. The lowest BCUT2D eigenvalue weighted by Gasteiger charge is -2.21. The third-order valence-corrected chi connectivity index (χ3v) is 7.45. The molecule has 3 aromatic heterocycles. The van der Waals surface area contributed by atoms with Gasteiger partial charge in [0.05, 0.1) is 20.6 Å². The first-order chi connectivity index (χ1) is 14.1. The minimum atomic E-state index is 0.109. The second kappa shape index (κ2) is 7.31. The number of nitrogens with one attached hydrogen (secondary N) is 1. The van der Waals surface area contributed by atoms with Crippen molar-refractivity contribution in [2.45, 2.75) is 6.42 Å². The van der Waals surface area contributed by atoms with Gasteiger partial charge in [-0.15, -0.1) is 11.3 Å². The number of aromatic amines is 1. The van der Waals surface area contributed by atoms with Gasteiger partial charge >= 0.3 is 0 Å². The summed E-state index contributed by atoms with van der Waals surface area (Å²) in [5.41, 5.74) is 2.02. The molecule has 1 aliphatic rings. The number of anilines is 2. The molecule has 150 valence electrons. The normalized spacial score (nSPS) is 15.2. The second-order valence-electron chi connectivity index (χ2n) is 7.38. The second-order valence-corrected chi connectivity index (χ2v) is 9.42. The largest absolute Gasteiger partial charge is 0.354 e. The summed E-state index contributed by atoms with van der Waals surface area (Å²) in [6.45, 7) is 3.11. The molecule has 0 atom stereocenters. The molecular weight excluding hydrogens is 404 g/mol. The number of aromatic nitrogens is 3. The van der Waals surface area contributed by atoms with E-state index in [-0.39, 0.29) is 5.91 Å². The van der Waals surface area contributed by atoms with Crippen LogP contribution in [-0.4, -0.2) is 66.0 Å². The number of H-pyrrole nitrogens is 1. The standard InChI is InChI=1S/C20H22N6OS2/c1-24(2)20-23-17-15(29-20)12-16(28-17)18(27)25-8-5-9-26(11-10-25)19-21-13-6-3-4-7-14(13)22-19/h3-4,6-7,12H,5,8-11H2,1-2H3,(H,21,22). The molecule has 1 fully saturated rings. The van der Waals surface area contributed by atoms with Crippen molar-refractivity contribution in [3.8, 4) is 0 Å². The van der Waals surface area contributed by atoms with Crippen molar-refractivity contribution < 1.29 is 4.79 Å². The van der Waals surface area contributed by atoms with Crippen LogP contribution in [0.3, 0.4) is 0 Å². The fourth-order valence-electron chi connectivity index (χ4n) is 3.60. The number of thiazole rings is 1. The SMILES string of the molecule is CN(C)c1nc2sc(C(=O)N3CCCN(c4nc5ccccc5[nH]4)CC3)cc2s1. The summed E-state index contributed by atoms with van der Waals surface area (Å²) in [6, 6.07) is 10.1. The van der Waals surface area contributed by atoms with E-state index in [4.69, 9.17) is 4.98 Å². The van der Waals surface area contributed by atoms with E-state index in [2.05, 4.69) is 14.9 Å². The van der Waals surface area contributed by atoms with Crippen molar-refractivity contribution in [2.24, 2.45) is 0 Å². The van der Waals surface area contributed by atoms with Crippen LogP contribution in [0.5, 0.6) is 0 Å². The summed E-state index contributed by atoms with van der Waals surface area (Å²) in [5.74, 6) is 0.996. The van der Waals surface area contributed by atoms with Crippen molar-refractivity contribution in [1.82, 2.24) is 19.9 Å². The lowest BCUT2D eigenvalue weighted by atomic mass is 10.3. The van der Waals surface area contributed by atoms with Crippen LogP contribution in [0, 0.1) is 0 Å². The molecule has 1 amide bonds. The number of rotatable bonds is 3. The van der Waals surface area contributed by atoms with Crippen LogP contribution in [0.2, 0.25) is 0 Å². The first kappa shape index (κ1) is 18.4. The molecule has 5 rings (SSSR count). The van der Waals surface area contributed by atoms with E-state index in [1.807, 2.05) is 54.2 Å². The van der Waals surface area contributed by atoms with E-state index in [9.17, 15) is 4.79 Å². The molecule has 1 aromatic carbocycles. The topological polar surface area (TPSA) is 68.4 Å². The van der Waals surface area contributed by atoms with Gasteiger partial charge < -0.3 is 19.7 Å². The molecule has 1 saturated heterocycles. The summed E-state index contributed by atoms with van der Waals surface area (Å²) >= 11 is 3.12. The molecular formula is C20H22N6OS2. The summed E-state index contributed by atoms with van der Waals surface area (Å²) in [5, 5.41) is 0.974. The molecule has 29 heavy (non-hydrogen) atoms. The smallest absolute Gasteiger partial charge is 0.264 e. The number of thiophene rings is 1. The fourth-order valence-corrected chi connectivity index (χ4v) is 5.70. The zero-order valence-electron chi connectivity index (χ0n) is 16.4. The Kier molecular flexibility index (Phi) is 4.63. The Morgan fingerprint density at radius 3 is 2.76 bits per heavy atom. The average Bonchev–Trinajstić information content (AvgIpc) is 3.35. The average molecular weight is 427 g/mol. The summed E-state index contributed by atoms with van der Waals surface area (Å²) in [4.78, 5) is 33.7. The number of fused-ring (bicyclic) bond motifs is 2. The summed E-state index contributed by atoms with van der Waals surface area (Å²) < 4.78 is 1.08. The maximum atomic E-state index is 13.1. The van der Waals surface area contributed by atoms with E-state index in [0.29, 0.717) is 6.54 Å². The lowest BCUT2D eigenvalue weighted by molar-refractivity contribution is 0.0772. The number of carbonyl (C=O) groups is 1. The van der Waals surface area contributed by atoms with Crippen LogP contribution in [0.1, 0.15) is 16.1 Å². The maximum Gasteiger partial charge on any atom is 0.264 e. The van der Waals surface area contributed by atoms with Crippen molar-refractivity contribution in [2.75, 3.05) is 50.1 Å². The molecule has 0 bridgehead atoms. The summed E-state index contributed by atoms with van der Waals surface area (Å²) in [7, 11) is 3.97. The quantitative estimate of drug-likeness (QED) is 0.542. The number of nitrogens with zero attached hydrogens (tertiary/aromatic N) is 5. The minimum absolute atomic E-state index is 0.109. The number of imidazole rings is 1. The lowest BCUT2D eigenvalue weighted by Crippen LogP contribution is -2.35. The van der Waals surface area contributed by atoms with Gasteiger partial charge in [-0.3, -0.25) is 4.79 Å². The van der Waals surface area contributed by atoms with Crippen LogP contribution >= 0.6 is 22.7 Å². The minimum Gasteiger partial charge on any atom is -0.354 e. The summed E-state index contributed by atoms with van der Waals surface area (Å²) in [6.07, 6.45) is 0.922. The van der Waals surface area contributed by atoms with Crippen LogP contribution in [0.4, 0.5) is 11.1 Å². The highest BCUT2D eigenvalue weighted by Gasteiger charge is 2.24. The Bertz CT molecular complexity index is 1110. The van der Waals surface area contributed by atoms with Gasteiger partial charge in [-0.2, -0.15) is 0 Å². The fraction of sp³-hybridized carbons (Fsp3) is 0.350. The van der Waals surface area contributed by atoms with Gasteiger partial charge in [0.2, 0.25) is 5.95 Å². The number of hydrogen-bond donors (Lipinski definition) is 1. The molecule has 1 aliphatic heterocycles. The van der Waals surface area contributed by atoms with Gasteiger partial charge in [-0.1, -0.05) is 23.5 Å². The van der Waals surface area contributed by atoms with E-state index < -0.39 is 0 Å². The predicted molar refractivity (Wildman–Crippen MR) is 121 cm³/mol. The van der Waals surface area contributed by atoms with Crippen LogP contribution in [-0.2, 0) is 0 Å². The molecule has 0 radical (unpaired) electrons. The van der Waals surface area contributed by atoms with Gasteiger partial charge in [-0.05, 0) is 24.6 Å². The van der Waals surface area contributed by atoms with Crippen molar-refractivity contribution in [1.29, 1.82) is 0 Å². The molecule has 0 saturated carbocycles. The highest BCUT2D eigenvalue weighted by Crippen LogP contribution is 2.34. The first-order valence-electron chi connectivity index (χ1n) is 9.65.